The summed E-state index contributed by atoms with van der Waals surface area (Å²) in [7, 11) is 0. The summed E-state index contributed by atoms with van der Waals surface area (Å²) in [5.41, 5.74) is 9.68. The molecule has 1 aromatic rings. The first-order chi connectivity index (χ1) is 7.41. The lowest BCUT2D eigenvalue weighted by Gasteiger charge is -2.11. The molecule has 2 nitrogen and oxygen atoms in total. The highest BCUT2D eigenvalue weighted by Gasteiger charge is 2.07. The molecule has 0 aliphatic rings. The summed E-state index contributed by atoms with van der Waals surface area (Å²) in [5.74, 6) is 0.676. The molecular formula is C14H24N2. The average molecular weight is 220 g/mol. The van der Waals surface area contributed by atoms with Gasteiger partial charge in [0.15, 0.2) is 0 Å². The zero-order valence-corrected chi connectivity index (χ0v) is 11.1. The Morgan fingerprint density at radius 3 is 2.44 bits per heavy atom. The van der Waals surface area contributed by atoms with Crippen molar-refractivity contribution in [3.05, 3.63) is 29.1 Å². The van der Waals surface area contributed by atoms with E-state index in [1.54, 1.807) is 0 Å². The monoisotopic (exact) mass is 220 g/mol. The van der Waals surface area contributed by atoms with Crippen LogP contribution in [0.25, 0.3) is 6.08 Å². The molecular weight excluding hydrogens is 196 g/mol. The second-order valence-corrected chi connectivity index (χ2v) is 5.05. The van der Waals surface area contributed by atoms with Crippen LogP contribution in [0.4, 0.5) is 0 Å². The van der Waals surface area contributed by atoms with Crippen molar-refractivity contribution in [1.29, 1.82) is 0 Å². The third-order valence-electron chi connectivity index (χ3n) is 2.74. The molecule has 2 N–H and O–H groups in total. The number of nitrogens with two attached hydrogens (primary N) is 1. The number of hydrogen-bond acceptors (Lipinski definition) is 1. The summed E-state index contributed by atoms with van der Waals surface area (Å²) in [5, 5.41) is 0. The zero-order valence-electron chi connectivity index (χ0n) is 11.1. The van der Waals surface area contributed by atoms with E-state index in [-0.39, 0.29) is 6.04 Å². The number of hydrogen-bond donors (Lipinski definition) is 1. The van der Waals surface area contributed by atoms with Crippen molar-refractivity contribution < 1.29 is 0 Å². The average Bonchev–Trinajstić information content (AvgIpc) is 2.42. The van der Waals surface area contributed by atoms with E-state index in [1.807, 2.05) is 13.0 Å². The first-order valence-electron chi connectivity index (χ1n) is 6.02. The second-order valence-electron chi connectivity index (χ2n) is 5.05. The van der Waals surface area contributed by atoms with Gasteiger partial charge in [-0.05, 0) is 38.3 Å². The molecule has 0 amide bonds. The molecule has 0 bridgehead atoms. The zero-order chi connectivity index (χ0) is 12.3. The number of aryl methyl sites for hydroxylation is 1. The van der Waals surface area contributed by atoms with E-state index in [0.29, 0.717) is 5.92 Å². The Morgan fingerprint density at radius 2 is 1.94 bits per heavy atom. The Kier molecular flexibility index (Phi) is 4.36. The summed E-state index contributed by atoms with van der Waals surface area (Å²) in [6.07, 6.45) is 4.17. The normalized spacial score (nSPS) is 13.9. The fourth-order valence-corrected chi connectivity index (χ4v) is 1.90. The summed E-state index contributed by atoms with van der Waals surface area (Å²) in [6.45, 7) is 11.9. The van der Waals surface area contributed by atoms with Crippen LogP contribution in [0.5, 0.6) is 0 Å². The minimum atomic E-state index is 0.119. The highest BCUT2D eigenvalue weighted by molar-refractivity contribution is 5.54. The maximum absolute atomic E-state index is 5.72. The molecule has 1 atom stereocenters. The molecule has 1 aromatic heterocycles. The second kappa shape index (κ2) is 5.35. The van der Waals surface area contributed by atoms with Crippen molar-refractivity contribution in [2.75, 3.05) is 0 Å². The van der Waals surface area contributed by atoms with Crippen LogP contribution in [0.15, 0.2) is 12.1 Å². The molecule has 0 aliphatic heterocycles. The fourth-order valence-electron chi connectivity index (χ4n) is 1.90. The van der Waals surface area contributed by atoms with Crippen LogP contribution >= 0.6 is 0 Å². The minimum absolute atomic E-state index is 0.119. The SMILES string of the molecule is Cc1cc(/C=C/C(C)N)c(C)n1CC(C)C. The van der Waals surface area contributed by atoms with Gasteiger partial charge >= 0.3 is 0 Å². The standard InChI is InChI=1S/C14H24N2/c1-10(2)9-16-12(4)8-14(13(16)5)7-6-11(3)15/h6-8,10-11H,9,15H2,1-5H3/b7-6+. The lowest BCUT2D eigenvalue weighted by Crippen LogP contribution is -2.10. The van der Waals surface area contributed by atoms with Gasteiger partial charge in [0.2, 0.25) is 0 Å². The summed E-state index contributed by atoms with van der Waals surface area (Å²) < 4.78 is 2.38. The predicted molar refractivity (Wildman–Crippen MR) is 71.4 cm³/mol. The molecule has 0 spiro atoms. The highest BCUT2D eigenvalue weighted by atomic mass is 15.0. The van der Waals surface area contributed by atoms with E-state index in [9.17, 15) is 0 Å². The lowest BCUT2D eigenvalue weighted by atomic mass is 10.2. The van der Waals surface area contributed by atoms with Crippen molar-refractivity contribution >= 4 is 6.08 Å². The van der Waals surface area contributed by atoms with Crippen molar-refractivity contribution in [3.8, 4) is 0 Å². The number of aromatic nitrogens is 1. The van der Waals surface area contributed by atoms with Crippen LogP contribution in [0, 0.1) is 19.8 Å². The van der Waals surface area contributed by atoms with Crippen molar-refractivity contribution in [1.82, 2.24) is 4.57 Å². The molecule has 1 unspecified atom stereocenters. The van der Waals surface area contributed by atoms with Crippen LogP contribution in [0.3, 0.4) is 0 Å². The maximum Gasteiger partial charge on any atom is 0.0247 e. The molecule has 1 rings (SSSR count). The molecule has 0 aliphatic carbocycles. The molecule has 0 saturated heterocycles. The van der Waals surface area contributed by atoms with E-state index in [1.165, 1.54) is 17.0 Å². The van der Waals surface area contributed by atoms with Crippen molar-refractivity contribution in [2.24, 2.45) is 11.7 Å². The van der Waals surface area contributed by atoms with Crippen molar-refractivity contribution in [3.63, 3.8) is 0 Å². The smallest absolute Gasteiger partial charge is 0.0247 e. The van der Waals surface area contributed by atoms with E-state index in [2.05, 4.69) is 44.4 Å². The van der Waals surface area contributed by atoms with Gasteiger partial charge in [-0.25, -0.2) is 0 Å². The van der Waals surface area contributed by atoms with Gasteiger partial charge in [0.05, 0.1) is 0 Å². The van der Waals surface area contributed by atoms with Crippen molar-refractivity contribution in [2.45, 2.75) is 47.2 Å². The molecule has 2 heteroatoms. The first kappa shape index (κ1) is 13.0. The van der Waals surface area contributed by atoms with Gasteiger partial charge in [0.25, 0.3) is 0 Å². The highest BCUT2D eigenvalue weighted by Crippen LogP contribution is 2.18. The molecule has 0 saturated carbocycles. The maximum atomic E-state index is 5.72. The third-order valence-corrected chi connectivity index (χ3v) is 2.74. The van der Waals surface area contributed by atoms with E-state index in [0.717, 1.165) is 6.54 Å². The van der Waals surface area contributed by atoms with Gasteiger partial charge in [-0.3, -0.25) is 0 Å². The number of rotatable bonds is 4. The van der Waals surface area contributed by atoms with Gasteiger partial charge in [-0.2, -0.15) is 0 Å². The molecule has 16 heavy (non-hydrogen) atoms. The Labute approximate surface area is 99.2 Å². The lowest BCUT2D eigenvalue weighted by molar-refractivity contribution is 0.509. The first-order valence-corrected chi connectivity index (χ1v) is 6.02. The summed E-state index contributed by atoms with van der Waals surface area (Å²) in [4.78, 5) is 0. The molecule has 0 aromatic carbocycles. The Balaban J connectivity index is 2.97. The van der Waals surface area contributed by atoms with Crippen LogP contribution < -0.4 is 5.73 Å². The van der Waals surface area contributed by atoms with Gasteiger partial charge in [0.1, 0.15) is 0 Å². The van der Waals surface area contributed by atoms with Gasteiger partial charge < -0.3 is 10.3 Å². The van der Waals surface area contributed by atoms with Gasteiger partial charge in [-0.1, -0.05) is 26.0 Å². The quantitative estimate of drug-likeness (QED) is 0.830. The Morgan fingerprint density at radius 1 is 1.31 bits per heavy atom. The minimum Gasteiger partial charge on any atom is -0.348 e. The predicted octanol–water partition coefficient (Wildman–Crippen LogP) is 3.12. The summed E-state index contributed by atoms with van der Waals surface area (Å²) in [6, 6.07) is 2.35. The molecule has 1 heterocycles. The Hall–Kier alpha value is -1.02. The largest absolute Gasteiger partial charge is 0.348 e. The topological polar surface area (TPSA) is 30.9 Å². The van der Waals surface area contributed by atoms with Crippen LogP contribution in [0.2, 0.25) is 0 Å². The van der Waals surface area contributed by atoms with Gasteiger partial charge in [-0.15, -0.1) is 0 Å². The fraction of sp³-hybridized carbons (Fsp3) is 0.571. The Bertz CT molecular complexity index is 370. The van der Waals surface area contributed by atoms with E-state index in [4.69, 9.17) is 5.73 Å². The summed E-state index contributed by atoms with van der Waals surface area (Å²) >= 11 is 0. The van der Waals surface area contributed by atoms with E-state index < -0.39 is 0 Å². The third kappa shape index (κ3) is 3.24. The van der Waals surface area contributed by atoms with Crippen LogP contribution in [0.1, 0.15) is 37.7 Å². The molecule has 90 valence electrons. The molecule has 0 fully saturated rings. The molecule has 0 radical (unpaired) electrons. The number of nitrogens with zero attached hydrogens (tertiary/aromatic N) is 1. The van der Waals surface area contributed by atoms with E-state index >= 15 is 0 Å². The van der Waals surface area contributed by atoms with Crippen LogP contribution in [-0.4, -0.2) is 10.6 Å². The van der Waals surface area contributed by atoms with Crippen LogP contribution in [-0.2, 0) is 6.54 Å². The van der Waals surface area contributed by atoms with Gasteiger partial charge in [0, 0.05) is 24.0 Å².